The second-order valence-electron chi connectivity index (χ2n) is 6.06. The summed E-state index contributed by atoms with van der Waals surface area (Å²) in [5, 5.41) is 7.88. The molecular weight excluding hydrogens is 268 g/mol. The highest BCUT2D eigenvalue weighted by Gasteiger charge is 2.09. The molecule has 114 valence electrons. The van der Waals surface area contributed by atoms with Crippen molar-refractivity contribution in [1.29, 1.82) is 0 Å². The van der Waals surface area contributed by atoms with E-state index < -0.39 is 0 Å². The zero-order chi connectivity index (χ0) is 15.0. The highest BCUT2D eigenvalue weighted by Crippen LogP contribution is 2.16. The summed E-state index contributed by atoms with van der Waals surface area (Å²) < 4.78 is 0. The van der Waals surface area contributed by atoms with Crippen LogP contribution in [0.15, 0.2) is 11.2 Å². The van der Waals surface area contributed by atoms with Crippen molar-refractivity contribution in [2.45, 2.75) is 47.0 Å². The lowest BCUT2D eigenvalue weighted by molar-refractivity contribution is 0.377. The number of hydrogen-bond donors (Lipinski definition) is 2. The molecule has 1 aromatic heterocycles. The fourth-order valence-electron chi connectivity index (χ4n) is 1.69. The number of aromatic nitrogens is 1. The number of nitrogens with zero attached hydrogens (tertiary/aromatic N) is 2. The quantitative estimate of drug-likeness (QED) is 0.627. The molecule has 0 unspecified atom stereocenters. The number of aryl methyl sites for hydroxylation is 1. The molecule has 0 saturated heterocycles. The Morgan fingerprint density at radius 3 is 2.55 bits per heavy atom. The van der Waals surface area contributed by atoms with E-state index in [1.54, 1.807) is 11.3 Å². The first-order chi connectivity index (χ1) is 9.44. The maximum atomic E-state index is 4.42. The number of hydrogen-bond acceptors (Lipinski definition) is 3. The molecule has 0 fully saturated rings. The number of guanidine groups is 1. The van der Waals surface area contributed by atoms with Crippen molar-refractivity contribution < 1.29 is 0 Å². The lowest BCUT2D eigenvalue weighted by Gasteiger charge is -2.19. The minimum Gasteiger partial charge on any atom is -0.356 e. The first-order valence-corrected chi connectivity index (χ1v) is 8.14. The van der Waals surface area contributed by atoms with Crippen LogP contribution in [-0.4, -0.2) is 31.1 Å². The number of nitrogens with one attached hydrogen (secondary N) is 2. The number of rotatable bonds is 6. The third-order valence-electron chi connectivity index (χ3n) is 2.97. The summed E-state index contributed by atoms with van der Waals surface area (Å²) in [6.07, 6.45) is 5.13. The Balaban J connectivity index is 2.24. The summed E-state index contributed by atoms with van der Waals surface area (Å²) in [6.45, 7) is 10.7. The number of thiazole rings is 1. The summed E-state index contributed by atoms with van der Waals surface area (Å²) >= 11 is 1.80. The van der Waals surface area contributed by atoms with E-state index >= 15 is 0 Å². The standard InChI is InChI=1S/C15H28N4S/c1-6-12-11-19-13(20-12)7-9-17-14(16-5)18-10-8-15(2,3)4/h11H,6-10H2,1-5H3,(H2,16,17,18). The Labute approximate surface area is 127 Å². The molecule has 4 nitrogen and oxygen atoms in total. The Morgan fingerprint density at radius 1 is 1.30 bits per heavy atom. The molecule has 0 spiro atoms. The minimum absolute atomic E-state index is 0.350. The third kappa shape index (κ3) is 6.89. The number of aliphatic imine (C=N–C) groups is 1. The first kappa shape index (κ1) is 17.0. The Hall–Kier alpha value is -1.10. The summed E-state index contributed by atoms with van der Waals surface area (Å²) in [4.78, 5) is 10.0. The molecule has 5 heteroatoms. The lowest BCUT2D eigenvalue weighted by Crippen LogP contribution is -2.39. The molecule has 0 radical (unpaired) electrons. The van der Waals surface area contributed by atoms with Crippen molar-refractivity contribution in [2.75, 3.05) is 20.1 Å². The van der Waals surface area contributed by atoms with Crippen LogP contribution in [0.5, 0.6) is 0 Å². The van der Waals surface area contributed by atoms with Gasteiger partial charge in [0.05, 0.1) is 5.01 Å². The highest BCUT2D eigenvalue weighted by molar-refractivity contribution is 7.11. The van der Waals surface area contributed by atoms with E-state index in [0.717, 1.165) is 38.3 Å². The molecule has 0 atom stereocenters. The van der Waals surface area contributed by atoms with Gasteiger partial charge in [0.25, 0.3) is 0 Å². The summed E-state index contributed by atoms with van der Waals surface area (Å²) in [7, 11) is 1.81. The monoisotopic (exact) mass is 296 g/mol. The summed E-state index contributed by atoms with van der Waals surface area (Å²) in [5.41, 5.74) is 0.350. The molecular formula is C15H28N4S. The van der Waals surface area contributed by atoms with E-state index in [1.165, 1.54) is 9.88 Å². The molecule has 2 N–H and O–H groups in total. The van der Waals surface area contributed by atoms with Crippen LogP contribution >= 0.6 is 11.3 Å². The molecule has 1 rings (SSSR count). The highest BCUT2D eigenvalue weighted by atomic mass is 32.1. The van der Waals surface area contributed by atoms with Crippen LogP contribution in [-0.2, 0) is 12.8 Å². The van der Waals surface area contributed by atoms with Crippen molar-refractivity contribution in [3.63, 3.8) is 0 Å². The van der Waals surface area contributed by atoms with Gasteiger partial charge in [-0.1, -0.05) is 27.7 Å². The van der Waals surface area contributed by atoms with Gasteiger partial charge in [-0.3, -0.25) is 4.99 Å². The minimum atomic E-state index is 0.350. The van der Waals surface area contributed by atoms with Gasteiger partial charge in [-0.2, -0.15) is 0 Å². The van der Waals surface area contributed by atoms with Gasteiger partial charge >= 0.3 is 0 Å². The topological polar surface area (TPSA) is 49.3 Å². The van der Waals surface area contributed by atoms with Gasteiger partial charge in [0.1, 0.15) is 0 Å². The van der Waals surface area contributed by atoms with Gasteiger partial charge in [0.15, 0.2) is 5.96 Å². The molecule has 0 saturated carbocycles. The van der Waals surface area contributed by atoms with Crippen LogP contribution in [0.3, 0.4) is 0 Å². The Bertz CT molecular complexity index is 418. The summed E-state index contributed by atoms with van der Waals surface area (Å²) in [6, 6.07) is 0. The van der Waals surface area contributed by atoms with Crippen LogP contribution < -0.4 is 10.6 Å². The third-order valence-corrected chi connectivity index (χ3v) is 4.17. The van der Waals surface area contributed by atoms with Gasteiger partial charge in [0, 0.05) is 37.6 Å². The average molecular weight is 296 g/mol. The Kier molecular flexibility index (Phi) is 6.99. The molecule has 0 aliphatic rings. The predicted octanol–water partition coefficient (Wildman–Crippen LogP) is 2.85. The first-order valence-electron chi connectivity index (χ1n) is 7.32. The molecule has 0 amide bonds. The smallest absolute Gasteiger partial charge is 0.190 e. The largest absolute Gasteiger partial charge is 0.356 e. The fourth-order valence-corrected chi connectivity index (χ4v) is 2.55. The van der Waals surface area contributed by atoms with E-state index in [4.69, 9.17) is 0 Å². The van der Waals surface area contributed by atoms with Crippen molar-refractivity contribution in [3.8, 4) is 0 Å². The Morgan fingerprint density at radius 2 is 2.00 bits per heavy atom. The molecule has 1 heterocycles. The maximum absolute atomic E-state index is 4.42. The van der Waals surface area contributed by atoms with Gasteiger partial charge in [0.2, 0.25) is 0 Å². The van der Waals surface area contributed by atoms with Crippen LogP contribution in [0, 0.1) is 5.41 Å². The van der Waals surface area contributed by atoms with Crippen LogP contribution in [0.4, 0.5) is 0 Å². The second-order valence-corrected chi connectivity index (χ2v) is 7.26. The van der Waals surface area contributed by atoms with Gasteiger partial charge < -0.3 is 10.6 Å². The molecule has 0 bridgehead atoms. The molecule has 20 heavy (non-hydrogen) atoms. The van der Waals surface area contributed by atoms with E-state index in [0.29, 0.717) is 5.41 Å². The zero-order valence-corrected chi connectivity index (χ0v) is 14.2. The van der Waals surface area contributed by atoms with Crippen LogP contribution in [0.25, 0.3) is 0 Å². The van der Waals surface area contributed by atoms with E-state index in [2.05, 4.69) is 48.3 Å². The lowest BCUT2D eigenvalue weighted by atomic mass is 9.92. The van der Waals surface area contributed by atoms with Crippen molar-refractivity contribution in [1.82, 2.24) is 15.6 Å². The zero-order valence-electron chi connectivity index (χ0n) is 13.4. The molecule has 0 aliphatic heterocycles. The maximum Gasteiger partial charge on any atom is 0.190 e. The fraction of sp³-hybridized carbons (Fsp3) is 0.733. The van der Waals surface area contributed by atoms with E-state index in [-0.39, 0.29) is 0 Å². The predicted molar refractivity (Wildman–Crippen MR) is 88.6 cm³/mol. The molecule has 0 aromatic carbocycles. The van der Waals surface area contributed by atoms with Gasteiger partial charge in [-0.05, 0) is 18.3 Å². The SMILES string of the molecule is CCc1cnc(CCNC(=NC)NCCC(C)(C)C)s1. The van der Waals surface area contributed by atoms with Crippen molar-refractivity contribution in [3.05, 3.63) is 16.1 Å². The van der Waals surface area contributed by atoms with E-state index in [1.807, 2.05) is 13.2 Å². The average Bonchev–Trinajstić information content (AvgIpc) is 2.83. The van der Waals surface area contributed by atoms with E-state index in [9.17, 15) is 0 Å². The molecule has 1 aromatic rings. The van der Waals surface area contributed by atoms with Gasteiger partial charge in [-0.15, -0.1) is 11.3 Å². The second kappa shape index (κ2) is 8.25. The van der Waals surface area contributed by atoms with Crippen LogP contribution in [0.2, 0.25) is 0 Å². The van der Waals surface area contributed by atoms with Crippen molar-refractivity contribution >= 4 is 17.3 Å². The van der Waals surface area contributed by atoms with Crippen molar-refractivity contribution in [2.24, 2.45) is 10.4 Å². The molecule has 0 aliphatic carbocycles. The normalized spacial score (nSPS) is 12.6. The summed E-state index contributed by atoms with van der Waals surface area (Å²) in [5.74, 6) is 0.876. The van der Waals surface area contributed by atoms with Crippen LogP contribution in [0.1, 0.15) is 44.0 Å². The van der Waals surface area contributed by atoms with Gasteiger partial charge in [-0.25, -0.2) is 4.98 Å².